The van der Waals surface area contributed by atoms with E-state index in [0.29, 0.717) is 5.02 Å². The van der Waals surface area contributed by atoms with Gasteiger partial charge in [0.05, 0.1) is 6.04 Å². The third-order valence-electron chi connectivity index (χ3n) is 3.31. The number of nitrogens with zero attached hydrogens (tertiary/aromatic N) is 1. The van der Waals surface area contributed by atoms with Gasteiger partial charge in [0, 0.05) is 29.1 Å². The van der Waals surface area contributed by atoms with Gasteiger partial charge in [0.1, 0.15) is 0 Å². The molecule has 0 saturated carbocycles. The molecule has 1 aromatic rings. The van der Waals surface area contributed by atoms with Crippen LogP contribution in [0.5, 0.6) is 0 Å². The Morgan fingerprint density at radius 3 is 2.83 bits per heavy atom. The third kappa shape index (κ3) is 2.87. The topological polar surface area (TPSA) is 32.3 Å². The second-order valence-electron chi connectivity index (χ2n) is 4.66. The monoisotopic (exact) mass is 330 g/mol. The lowest BCUT2D eigenvalue weighted by Gasteiger charge is -2.20. The van der Waals surface area contributed by atoms with Gasteiger partial charge in [-0.05, 0) is 31.0 Å². The van der Waals surface area contributed by atoms with Gasteiger partial charge in [-0.2, -0.15) is 0 Å². The van der Waals surface area contributed by atoms with Crippen LogP contribution in [0.1, 0.15) is 24.9 Å². The Labute approximate surface area is 121 Å². The second kappa shape index (κ2) is 5.59. The lowest BCUT2D eigenvalue weighted by Crippen LogP contribution is -2.38. The number of carbonyl (C=O) groups excluding carboxylic acids is 1. The fourth-order valence-corrected chi connectivity index (χ4v) is 3.06. The van der Waals surface area contributed by atoms with Gasteiger partial charge in [-0.1, -0.05) is 33.6 Å². The average Bonchev–Trinajstić information content (AvgIpc) is 2.61. The van der Waals surface area contributed by atoms with Crippen molar-refractivity contribution >= 4 is 33.4 Å². The summed E-state index contributed by atoms with van der Waals surface area (Å²) in [4.78, 5) is 13.6. The first kappa shape index (κ1) is 13.8. The van der Waals surface area contributed by atoms with Crippen molar-refractivity contribution < 1.29 is 4.79 Å². The van der Waals surface area contributed by atoms with Gasteiger partial charge in [-0.25, -0.2) is 0 Å². The van der Waals surface area contributed by atoms with Crippen LogP contribution in [0.4, 0.5) is 0 Å². The molecular formula is C13H16BrClN2O. The Morgan fingerprint density at radius 2 is 2.28 bits per heavy atom. The number of likely N-dealkylation sites (N-methyl/N-ethyl adjacent to an activating group) is 1. The van der Waals surface area contributed by atoms with E-state index >= 15 is 0 Å². The number of halogens is 2. The predicted molar refractivity (Wildman–Crippen MR) is 76.7 cm³/mol. The maximum absolute atomic E-state index is 11.8. The first-order valence-electron chi connectivity index (χ1n) is 5.95. The van der Waals surface area contributed by atoms with Gasteiger partial charge in [0.15, 0.2) is 0 Å². The molecule has 0 aliphatic carbocycles. The normalized spacial score (nSPS) is 21.4. The fourth-order valence-electron chi connectivity index (χ4n) is 2.22. The van der Waals surface area contributed by atoms with Crippen molar-refractivity contribution in [1.82, 2.24) is 10.2 Å². The summed E-state index contributed by atoms with van der Waals surface area (Å²) in [6.07, 6.45) is 0.855. The van der Waals surface area contributed by atoms with Gasteiger partial charge < -0.3 is 4.90 Å². The van der Waals surface area contributed by atoms with Crippen LogP contribution in [-0.2, 0) is 4.79 Å². The summed E-state index contributed by atoms with van der Waals surface area (Å²) in [6.45, 7) is 2.85. The lowest BCUT2D eigenvalue weighted by atomic mass is 10.1. The van der Waals surface area contributed by atoms with Crippen molar-refractivity contribution in [2.45, 2.75) is 25.4 Å². The lowest BCUT2D eigenvalue weighted by molar-refractivity contribution is -0.128. The van der Waals surface area contributed by atoms with Crippen LogP contribution in [0.25, 0.3) is 0 Å². The van der Waals surface area contributed by atoms with E-state index in [4.69, 9.17) is 11.6 Å². The number of rotatable bonds is 3. The summed E-state index contributed by atoms with van der Waals surface area (Å²) in [5.41, 5.74) is 1.02. The maximum Gasteiger partial charge on any atom is 0.239 e. The minimum Gasteiger partial charge on any atom is -0.344 e. The molecule has 0 spiro atoms. The van der Waals surface area contributed by atoms with Gasteiger partial charge in [-0.15, -0.1) is 0 Å². The highest BCUT2D eigenvalue weighted by molar-refractivity contribution is 9.10. The van der Waals surface area contributed by atoms with E-state index in [0.717, 1.165) is 23.0 Å². The maximum atomic E-state index is 11.8. The molecule has 1 aromatic carbocycles. The van der Waals surface area contributed by atoms with Gasteiger partial charge in [0.2, 0.25) is 5.91 Å². The molecule has 0 bridgehead atoms. The summed E-state index contributed by atoms with van der Waals surface area (Å²) in [7, 11) is 1.83. The van der Waals surface area contributed by atoms with Gasteiger partial charge >= 0.3 is 0 Å². The predicted octanol–water partition coefficient (Wildman–Crippen LogP) is 2.98. The molecule has 1 heterocycles. The summed E-state index contributed by atoms with van der Waals surface area (Å²) in [5.74, 6) is 0.162. The smallest absolute Gasteiger partial charge is 0.239 e. The molecule has 1 N–H and O–H groups in total. The molecule has 98 valence electrons. The zero-order valence-corrected chi connectivity index (χ0v) is 12.8. The van der Waals surface area contributed by atoms with Crippen LogP contribution in [0, 0.1) is 0 Å². The highest BCUT2D eigenvalue weighted by Crippen LogP contribution is 2.27. The molecular weight excluding hydrogens is 316 g/mol. The van der Waals surface area contributed by atoms with Crippen molar-refractivity contribution in [3.8, 4) is 0 Å². The van der Waals surface area contributed by atoms with Crippen molar-refractivity contribution in [2.24, 2.45) is 0 Å². The highest BCUT2D eigenvalue weighted by Gasteiger charge is 2.30. The third-order valence-corrected chi connectivity index (χ3v) is 4.13. The fraction of sp³-hybridized carbons (Fsp3) is 0.462. The first-order chi connectivity index (χ1) is 8.49. The van der Waals surface area contributed by atoms with E-state index in [1.807, 2.05) is 32.2 Å². The van der Waals surface area contributed by atoms with Crippen molar-refractivity contribution in [1.29, 1.82) is 0 Å². The molecule has 1 saturated heterocycles. The Morgan fingerprint density at radius 1 is 1.56 bits per heavy atom. The highest BCUT2D eigenvalue weighted by atomic mass is 79.9. The number of benzene rings is 1. The van der Waals surface area contributed by atoms with Crippen LogP contribution in [0.3, 0.4) is 0 Å². The number of nitrogens with one attached hydrogen (secondary N) is 1. The van der Waals surface area contributed by atoms with Crippen molar-refractivity contribution in [3.05, 3.63) is 33.3 Å². The molecule has 1 fully saturated rings. The molecule has 1 aliphatic heterocycles. The molecule has 0 radical (unpaired) electrons. The van der Waals surface area contributed by atoms with Crippen LogP contribution >= 0.6 is 27.5 Å². The van der Waals surface area contributed by atoms with Gasteiger partial charge in [0.25, 0.3) is 0 Å². The van der Waals surface area contributed by atoms with Crippen molar-refractivity contribution in [3.63, 3.8) is 0 Å². The molecule has 2 atom stereocenters. The number of likely N-dealkylation sites (tertiary alicyclic amines) is 1. The minimum absolute atomic E-state index is 0.0612. The molecule has 0 aromatic heterocycles. The molecule has 3 nitrogen and oxygen atoms in total. The zero-order chi connectivity index (χ0) is 13.3. The molecule has 18 heavy (non-hydrogen) atoms. The molecule has 2 unspecified atom stereocenters. The van der Waals surface area contributed by atoms with E-state index < -0.39 is 0 Å². The summed E-state index contributed by atoms with van der Waals surface area (Å²) >= 11 is 9.59. The van der Waals surface area contributed by atoms with Gasteiger partial charge in [-0.3, -0.25) is 10.1 Å². The Hall–Kier alpha value is -0.580. The standard InChI is InChI=1S/C13H16BrClN2O/c1-8(10-4-3-9(14)7-11(10)15)16-12-5-6-17(2)13(12)18/h3-4,7-8,12,16H,5-6H2,1-2H3. The summed E-state index contributed by atoms with van der Waals surface area (Å²) in [6, 6.07) is 5.78. The van der Waals surface area contributed by atoms with E-state index in [-0.39, 0.29) is 18.0 Å². The second-order valence-corrected chi connectivity index (χ2v) is 5.98. The van der Waals surface area contributed by atoms with Crippen LogP contribution < -0.4 is 5.32 Å². The minimum atomic E-state index is -0.0929. The summed E-state index contributed by atoms with van der Waals surface area (Å²) in [5, 5.41) is 4.06. The van der Waals surface area contributed by atoms with E-state index in [2.05, 4.69) is 21.2 Å². The Kier molecular flexibility index (Phi) is 4.30. The number of hydrogen-bond acceptors (Lipinski definition) is 2. The number of amides is 1. The zero-order valence-electron chi connectivity index (χ0n) is 10.4. The molecule has 1 aliphatic rings. The van der Waals surface area contributed by atoms with Crippen LogP contribution in [-0.4, -0.2) is 30.4 Å². The first-order valence-corrected chi connectivity index (χ1v) is 7.12. The average molecular weight is 332 g/mol. The number of carbonyl (C=O) groups is 1. The largest absolute Gasteiger partial charge is 0.344 e. The SMILES string of the molecule is CC(NC1CCN(C)C1=O)c1ccc(Br)cc1Cl. The van der Waals surface area contributed by atoms with Crippen LogP contribution in [0.15, 0.2) is 22.7 Å². The summed E-state index contributed by atoms with van der Waals surface area (Å²) < 4.78 is 0.958. The Bertz CT molecular complexity index is 466. The number of hydrogen-bond donors (Lipinski definition) is 1. The van der Waals surface area contributed by atoms with E-state index in [1.165, 1.54) is 0 Å². The molecule has 1 amide bonds. The van der Waals surface area contributed by atoms with E-state index in [9.17, 15) is 4.79 Å². The van der Waals surface area contributed by atoms with E-state index in [1.54, 1.807) is 4.90 Å². The van der Waals surface area contributed by atoms with Crippen molar-refractivity contribution in [2.75, 3.05) is 13.6 Å². The molecule has 5 heteroatoms. The van der Waals surface area contributed by atoms with Crippen LogP contribution in [0.2, 0.25) is 5.02 Å². The Balaban J connectivity index is 2.08. The molecule has 2 rings (SSSR count). The quantitative estimate of drug-likeness (QED) is 0.923.